The summed E-state index contributed by atoms with van der Waals surface area (Å²) in [7, 11) is 0. The van der Waals surface area contributed by atoms with E-state index in [1.54, 1.807) is 4.90 Å². The fraction of sp³-hybridized carbons (Fsp3) is 0.636. The minimum Gasteiger partial charge on any atom is -0.394 e. The molecule has 11 heteroatoms. The van der Waals surface area contributed by atoms with Crippen molar-refractivity contribution in [3.05, 3.63) is 6.33 Å². The summed E-state index contributed by atoms with van der Waals surface area (Å²) in [6.45, 7) is -0.553. The first-order valence-corrected chi connectivity index (χ1v) is 6.43. The number of fused-ring (bicyclic) bond motifs is 1. The molecule has 9 N–H and O–H groups in total. The number of rotatable bonds is 3. The number of ether oxygens (including phenoxy) is 1. The van der Waals surface area contributed by atoms with Crippen LogP contribution in [0.5, 0.6) is 0 Å². The molecule has 2 aliphatic rings. The van der Waals surface area contributed by atoms with Gasteiger partial charge in [-0.2, -0.15) is 0 Å². The molecule has 11 nitrogen and oxygen atoms in total. The predicted octanol–water partition coefficient (Wildman–Crippen LogP) is -2.81. The number of nitrogens with zero attached hydrogens (tertiary/aromatic N) is 4. The summed E-state index contributed by atoms with van der Waals surface area (Å²) in [5.74, 6) is 0.592. The van der Waals surface area contributed by atoms with Gasteiger partial charge in [-0.25, -0.2) is 9.97 Å². The van der Waals surface area contributed by atoms with Gasteiger partial charge in [0.15, 0.2) is 17.9 Å². The van der Waals surface area contributed by atoms with Crippen LogP contribution in [0.15, 0.2) is 6.33 Å². The van der Waals surface area contributed by atoms with Crippen LogP contribution in [0.4, 0.5) is 17.3 Å². The summed E-state index contributed by atoms with van der Waals surface area (Å²) in [4.78, 5) is 11.0. The zero-order valence-corrected chi connectivity index (χ0v) is 11.8. The number of hydrogen-bond donors (Lipinski definition) is 6. The van der Waals surface area contributed by atoms with Crippen molar-refractivity contribution in [2.24, 2.45) is 0 Å². The molecule has 4 atom stereocenters. The highest BCUT2D eigenvalue weighted by molar-refractivity contribution is 5.81. The van der Waals surface area contributed by atoms with E-state index in [0.717, 1.165) is 0 Å². The highest BCUT2D eigenvalue weighted by Gasteiger charge is 2.48. The van der Waals surface area contributed by atoms with Gasteiger partial charge in [0.05, 0.1) is 13.3 Å². The van der Waals surface area contributed by atoms with Crippen LogP contribution in [-0.2, 0) is 4.74 Å². The standard InChI is InChI=1S/C11H17N5O5.H3N/c12-9-6-10(14-2-13-9)16(3-15(6)4-18)11-8(20)7(19)5(1-17)21-11;/h2,5,7-8,11,17-20H,1,3-4H2,(H2,12,13,14);1H3/t5-,7-,8-,11-;/m1./s1. The Bertz CT molecular complexity index is 534. The lowest BCUT2D eigenvalue weighted by atomic mass is 10.1. The lowest BCUT2D eigenvalue weighted by Gasteiger charge is -2.27. The van der Waals surface area contributed by atoms with Gasteiger partial charge in [-0.05, 0) is 0 Å². The van der Waals surface area contributed by atoms with E-state index >= 15 is 0 Å². The van der Waals surface area contributed by atoms with Crippen LogP contribution in [0.3, 0.4) is 0 Å². The molecule has 22 heavy (non-hydrogen) atoms. The molecule has 0 aliphatic carbocycles. The molecule has 0 radical (unpaired) electrons. The molecule has 0 unspecified atom stereocenters. The molecule has 1 aromatic rings. The number of aliphatic hydroxyl groups is 4. The topological polar surface area (TPSA) is 183 Å². The second-order valence-corrected chi connectivity index (χ2v) is 4.95. The van der Waals surface area contributed by atoms with Gasteiger partial charge in [-0.15, -0.1) is 0 Å². The third kappa shape index (κ3) is 2.33. The Kier molecular flexibility index (Phi) is 4.65. The molecule has 3 rings (SSSR count). The van der Waals surface area contributed by atoms with Crippen molar-refractivity contribution < 1.29 is 25.2 Å². The van der Waals surface area contributed by atoms with Gasteiger partial charge < -0.3 is 46.8 Å². The quantitative estimate of drug-likeness (QED) is 0.338. The number of hydrogen-bond acceptors (Lipinski definition) is 11. The minimum absolute atomic E-state index is 0. The maximum absolute atomic E-state index is 10.1. The van der Waals surface area contributed by atoms with Crippen LogP contribution in [0.1, 0.15) is 0 Å². The van der Waals surface area contributed by atoms with Gasteiger partial charge in [0.2, 0.25) is 0 Å². The predicted molar refractivity (Wildman–Crippen MR) is 76.1 cm³/mol. The summed E-state index contributed by atoms with van der Waals surface area (Å²) in [6.07, 6.45) is -2.93. The maximum atomic E-state index is 10.1. The highest BCUT2D eigenvalue weighted by atomic mass is 16.6. The van der Waals surface area contributed by atoms with E-state index < -0.39 is 31.1 Å². The Labute approximate surface area is 126 Å². The van der Waals surface area contributed by atoms with Crippen LogP contribution in [0.25, 0.3) is 0 Å². The van der Waals surface area contributed by atoms with E-state index in [2.05, 4.69) is 9.97 Å². The van der Waals surface area contributed by atoms with Crippen LogP contribution in [-0.4, -0.2) is 74.9 Å². The Morgan fingerprint density at radius 3 is 2.59 bits per heavy atom. The van der Waals surface area contributed by atoms with E-state index in [1.807, 2.05) is 0 Å². The second-order valence-electron chi connectivity index (χ2n) is 4.95. The van der Waals surface area contributed by atoms with Gasteiger partial charge in [-0.1, -0.05) is 0 Å². The molecule has 0 aromatic carbocycles. The van der Waals surface area contributed by atoms with Crippen molar-refractivity contribution in [2.45, 2.75) is 24.5 Å². The largest absolute Gasteiger partial charge is 0.394 e. The number of nitrogen functional groups attached to an aromatic ring is 1. The summed E-state index contributed by atoms with van der Waals surface area (Å²) in [5, 5.41) is 38.5. The number of aliphatic hydroxyl groups excluding tert-OH is 4. The molecule has 0 amide bonds. The third-order valence-electron chi connectivity index (χ3n) is 3.74. The van der Waals surface area contributed by atoms with Crippen LogP contribution >= 0.6 is 0 Å². The average Bonchev–Trinajstić information content (AvgIpc) is 2.99. The summed E-state index contributed by atoms with van der Waals surface area (Å²) in [5.41, 5.74) is 6.23. The Balaban J connectivity index is 0.00000176. The van der Waals surface area contributed by atoms with E-state index in [1.165, 1.54) is 11.2 Å². The lowest BCUT2D eigenvalue weighted by molar-refractivity contribution is -0.0223. The number of anilines is 3. The van der Waals surface area contributed by atoms with Crippen molar-refractivity contribution in [3.8, 4) is 0 Å². The fourth-order valence-electron chi connectivity index (χ4n) is 2.67. The molecule has 1 saturated heterocycles. The van der Waals surface area contributed by atoms with Crippen LogP contribution < -0.4 is 21.7 Å². The average molecular weight is 316 g/mol. The molecule has 124 valence electrons. The first-order valence-electron chi connectivity index (χ1n) is 6.43. The molecule has 0 spiro atoms. The number of nitrogens with two attached hydrogens (primary N) is 1. The van der Waals surface area contributed by atoms with Crippen LogP contribution in [0, 0.1) is 0 Å². The Hall–Kier alpha value is -1.76. The monoisotopic (exact) mass is 316 g/mol. The smallest absolute Gasteiger partial charge is 0.162 e. The highest BCUT2D eigenvalue weighted by Crippen LogP contribution is 2.40. The third-order valence-corrected chi connectivity index (χ3v) is 3.74. The van der Waals surface area contributed by atoms with E-state index in [-0.39, 0.29) is 25.4 Å². The van der Waals surface area contributed by atoms with Crippen molar-refractivity contribution in [2.75, 3.05) is 35.5 Å². The SMILES string of the molecule is N.Nc1ncnc2c1N(CO)CN2[C@@H]1O[C@H](CO)[C@@H](O)[C@H]1O. The second kappa shape index (κ2) is 6.16. The molecule has 0 saturated carbocycles. The van der Waals surface area contributed by atoms with Crippen LogP contribution in [0.2, 0.25) is 0 Å². The van der Waals surface area contributed by atoms with Gasteiger partial charge in [-0.3, -0.25) is 0 Å². The fourth-order valence-corrected chi connectivity index (χ4v) is 2.67. The molecule has 2 aliphatic heterocycles. The number of aromatic nitrogens is 2. The molecule has 3 heterocycles. The first kappa shape index (κ1) is 16.6. The zero-order valence-electron chi connectivity index (χ0n) is 11.8. The lowest BCUT2D eigenvalue weighted by Crippen LogP contribution is -2.46. The van der Waals surface area contributed by atoms with E-state index in [9.17, 15) is 15.3 Å². The summed E-state index contributed by atoms with van der Waals surface area (Å²) >= 11 is 0. The van der Waals surface area contributed by atoms with Gasteiger partial charge in [0.25, 0.3) is 0 Å². The summed E-state index contributed by atoms with van der Waals surface area (Å²) in [6, 6.07) is 0. The molecular formula is C11H20N6O5. The van der Waals surface area contributed by atoms with Crippen molar-refractivity contribution in [3.63, 3.8) is 0 Å². The van der Waals surface area contributed by atoms with Crippen molar-refractivity contribution in [1.82, 2.24) is 16.1 Å². The normalized spacial score (nSPS) is 30.4. The Morgan fingerprint density at radius 2 is 2.00 bits per heavy atom. The van der Waals surface area contributed by atoms with E-state index in [0.29, 0.717) is 11.5 Å². The molecule has 1 fully saturated rings. The van der Waals surface area contributed by atoms with Crippen molar-refractivity contribution >= 4 is 17.3 Å². The first-order chi connectivity index (χ1) is 10.1. The van der Waals surface area contributed by atoms with Gasteiger partial charge in [0, 0.05) is 0 Å². The molecule has 0 bridgehead atoms. The van der Waals surface area contributed by atoms with E-state index in [4.69, 9.17) is 15.6 Å². The van der Waals surface area contributed by atoms with Gasteiger partial charge in [0.1, 0.15) is 37.1 Å². The van der Waals surface area contributed by atoms with Crippen molar-refractivity contribution in [1.29, 1.82) is 0 Å². The maximum Gasteiger partial charge on any atom is 0.162 e. The molecule has 1 aromatic heterocycles. The molecular weight excluding hydrogens is 296 g/mol. The summed E-state index contributed by atoms with van der Waals surface area (Å²) < 4.78 is 5.47. The van der Waals surface area contributed by atoms with Gasteiger partial charge >= 0.3 is 0 Å². The minimum atomic E-state index is -1.22. The zero-order chi connectivity index (χ0) is 15.1. The Morgan fingerprint density at radius 1 is 1.27 bits per heavy atom.